The monoisotopic (exact) mass is 257 g/mol. The highest BCUT2D eigenvalue weighted by molar-refractivity contribution is 5.84. The topological polar surface area (TPSA) is 55.9 Å². The van der Waals surface area contributed by atoms with Gasteiger partial charge in [-0.05, 0) is 27.2 Å². The van der Waals surface area contributed by atoms with E-state index < -0.39 is 0 Å². The van der Waals surface area contributed by atoms with Crippen LogP contribution in [0.5, 0.6) is 0 Å². The fraction of sp³-hybridized carbons (Fsp3) is 0.833. The van der Waals surface area contributed by atoms with E-state index in [1.165, 1.54) is 0 Å². The molecule has 18 heavy (non-hydrogen) atoms. The summed E-state index contributed by atoms with van der Waals surface area (Å²) in [6.07, 6.45) is 1.65. The molecular weight excluding hydrogens is 232 g/mol. The molecule has 0 aromatic heterocycles. The molecule has 1 radical (unpaired) electrons. The van der Waals surface area contributed by atoms with Gasteiger partial charge in [0.25, 0.3) is 0 Å². The Morgan fingerprint density at radius 3 is 2.17 bits per heavy atom. The number of likely N-dealkylation sites (N-methyl/N-ethyl adjacent to an activating group) is 2. The Hall–Kier alpha value is -1.14. The molecule has 0 aliphatic heterocycles. The maximum atomic E-state index is 11.7. The first-order chi connectivity index (χ1) is 8.54. The van der Waals surface area contributed by atoms with Crippen LogP contribution in [0, 0.1) is 0 Å². The Balaban J connectivity index is 3.93. The third kappa shape index (κ3) is 7.24. The van der Waals surface area contributed by atoms with Gasteiger partial charge in [-0.25, -0.2) is 4.79 Å². The van der Waals surface area contributed by atoms with Crippen LogP contribution in [-0.4, -0.2) is 80.5 Å². The van der Waals surface area contributed by atoms with E-state index in [-0.39, 0.29) is 6.03 Å². The second-order valence-electron chi connectivity index (χ2n) is 4.31. The Morgan fingerprint density at radius 2 is 1.72 bits per heavy atom. The van der Waals surface area contributed by atoms with E-state index in [9.17, 15) is 9.59 Å². The van der Waals surface area contributed by atoms with Crippen LogP contribution in [0.1, 0.15) is 13.8 Å². The molecule has 0 aliphatic carbocycles. The smallest absolute Gasteiger partial charge is 0.324 e. The van der Waals surface area contributed by atoms with E-state index in [1.807, 2.05) is 19.0 Å². The number of nitrogens with one attached hydrogen (secondary N) is 1. The second-order valence-corrected chi connectivity index (χ2v) is 4.31. The average molecular weight is 257 g/mol. The summed E-state index contributed by atoms with van der Waals surface area (Å²) >= 11 is 0. The summed E-state index contributed by atoms with van der Waals surface area (Å²) in [4.78, 5) is 27.5. The van der Waals surface area contributed by atoms with Crippen molar-refractivity contribution >= 4 is 12.4 Å². The number of carbonyl (C=O) groups excluding carboxylic acids is 2. The van der Waals surface area contributed by atoms with Crippen LogP contribution in [0.15, 0.2) is 0 Å². The lowest BCUT2D eigenvalue weighted by atomic mass is 10.4. The Morgan fingerprint density at radius 1 is 1.11 bits per heavy atom. The lowest BCUT2D eigenvalue weighted by Gasteiger charge is -2.20. The van der Waals surface area contributed by atoms with Crippen LogP contribution in [-0.2, 0) is 4.79 Å². The van der Waals surface area contributed by atoms with Crippen molar-refractivity contribution in [3.8, 4) is 0 Å². The Labute approximate surface area is 110 Å². The number of hydrogen-bond donors (Lipinski definition) is 1. The molecular formula is C12H25N4O2. The maximum absolute atomic E-state index is 11.7. The van der Waals surface area contributed by atoms with Crippen molar-refractivity contribution in [2.45, 2.75) is 13.8 Å². The third-order valence-corrected chi connectivity index (χ3v) is 2.72. The standard InChI is InChI=1S/C12H25N4O2/c1-5-15(6-2)8-7-13-12(18)16(11-17)10-9-14(3)4/h5-10H2,1-4H3,(H,13,18). The Kier molecular flexibility index (Phi) is 9.22. The van der Waals surface area contributed by atoms with E-state index in [0.29, 0.717) is 19.6 Å². The van der Waals surface area contributed by atoms with Gasteiger partial charge in [0.2, 0.25) is 0 Å². The number of hydrogen-bond acceptors (Lipinski definition) is 4. The molecule has 105 valence electrons. The fourth-order valence-corrected chi connectivity index (χ4v) is 1.44. The van der Waals surface area contributed by atoms with E-state index >= 15 is 0 Å². The molecule has 0 aliphatic rings. The van der Waals surface area contributed by atoms with Gasteiger partial charge in [-0.3, -0.25) is 9.69 Å². The first-order valence-electron chi connectivity index (χ1n) is 6.35. The van der Waals surface area contributed by atoms with Crippen LogP contribution in [0.25, 0.3) is 0 Å². The molecule has 0 heterocycles. The summed E-state index contributed by atoms with van der Waals surface area (Å²) in [6, 6.07) is -0.376. The van der Waals surface area contributed by atoms with Crippen LogP contribution in [0.2, 0.25) is 0 Å². The second kappa shape index (κ2) is 9.85. The minimum absolute atomic E-state index is 0.355. The minimum Gasteiger partial charge on any atom is -0.336 e. The van der Waals surface area contributed by atoms with Crippen molar-refractivity contribution in [1.82, 2.24) is 20.0 Å². The van der Waals surface area contributed by atoms with Gasteiger partial charge in [-0.15, -0.1) is 0 Å². The molecule has 6 heteroatoms. The summed E-state index contributed by atoms with van der Waals surface area (Å²) < 4.78 is 0. The van der Waals surface area contributed by atoms with E-state index in [2.05, 4.69) is 24.1 Å². The predicted molar refractivity (Wildman–Crippen MR) is 72.1 cm³/mol. The highest BCUT2D eigenvalue weighted by Gasteiger charge is 2.13. The van der Waals surface area contributed by atoms with Gasteiger partial charge in [0.05, 0.1) is 0 Å². The number of carbonyl (C=O) groups is 1. The van der Waals surface area contributed by atoms with E-state index in [1.54, 1.807) is 6.41 Å². The van der Waals surface area contributed by atoms with Gasteiger partial charge < -0.3 is 15.1 Å². The summed E-state index contributed by atoms with van der Waals surface area (Å²) in [7, 11) is 3.78. The van der Waals surface area contributed by atoms with Crippen LogP contribution in [0.3, 0.4) is 0 Å². The van der Waals surface area contributed by atoms with Crippen molar-refractivity contribution < 1.29 is 9.59 Å². The zero-order chi connectivity index (χ0) is 14.0. The first-order valence-corrected chi connectivity index (χ1v) is 6.35. The lowest BCUT2D eigenvalue weighted by Crippen LogP contribution is -2.44. The van der Waals surface area contributed by atoms with Gasteiger partial charge in [0.15, 0.2) is 0 Å². The first kappa shape index (κ1) is 16.9. The molecule has 0 spiro atoms. The predicted octanol–water partition coefficient (Wildman–Crippen LogP) is -0.0314. The number of urea groups is 1. The largest absolute Gasteiger partial charge is 0.336 e. The molecule has 0 saturated heterocycles. The Bertz CT molecular complexity index is 242. The minimum atomic E-state index is -0.376. The van der Waals surface area contributed by atoms with Crippen LogP contribution in [0.4, 0.5) is 4.79 Å². The summed E-state index contributed by atoms with van der Waals surface area (Å²) in [5.74, 6) is 0. The zero-order valence-corrected chi connectivity index (χ0v) is 11.9. The molecule has 0 atom stereocenters. The number of nitrogens with zero attached hydrogens (tertiary/aromatic N) is 3. The lowest BCUT2D eigenvalue weighted by molar-refractivity contribution is 0.212. The molecule has 3 amide bonds. The fourth-order valence-electron chi connectivity index (χ4n) is 1.44. The van der Waals surface area contributed by atoms with E-state index in [0.717, 1.165) is 24.5 Å². The molecule has 1 N–H and O–H groups in total. The van der Waals surface area contributed by atoms with Crippen molar-refractivity contribution in [2.75, 3.05) is 53.4 Å². The number of rotatable bonds is 9. The summed E-state index contributed by atoms with van der Waals surface area (Å²) in [5, 5.41) is 2.72. The van der Waals surface area contributed by atoms with Gasteiger partial charge in [-0.2, -0.15) is 0 Å². The molecule has 0 bridgehead atoms. The highest BCUT2D eigenvalue weighted by Crippen LogP contribution is 1.88. The zero-order valence-electron chi connectivity index (χ0n) is 11.9. The quantitative estimate of drug-likeness (QED) is 0.589. The molecule has 6 nitrogen and oxygen atoms in total. The van der Waals surface area contributed by atoms with Gasteiger partial charge >= 0.3 is 12.4 Å². The molecule has 0 rings (SSSR count). The molecule has 0 unspecified atom stereocenters. The highest BCUT2D eigenvalue weighted by atomic mass is 16.2. The third-order valence-electron chi connectivity index (χ3n) is 2.72. The normalized spacial score (nSPS) is 10.8. The van der Waals surface area contributed by atoms with Crippen molar-refractivity contribution in [3.63, 3.8) is 0 Å². The molecule has 0 fully saturated rings. The van der Waals surface area contributed by atoms with Gasteiger partial charge in [-0.1, -0.05) is 13.8 Å². The molecule has 0 aromatic carbocycles. The van der Waals surface area contributed by atoms with Crippen molar-refractivity contribution in [1.29, 1.82) is 0 Å². The average Bonchev–Trinajstić information content (AvgIpc) is 2.35. The van der Waals surface area contributed by atoms with Crippen LogP contribution < -0.4 is 5.32 Å². The summed E-state index contributed by atoms with van der Waals surface area (Å²) in [5.41, 5.74) is 0. The van der Waals surface area contributed by atoms with E-state index in [4.69, 9.17) is 0 Å². The van der Waals surface area contributed by atoms with Crippen molar-refractivity contribution in [2.24, 2.45) is 0 Å². The maximum Gasteiger partial charge on any atom is 0.324 e. The van der Waals surface area contributed by atoms with Gasteiger partial charge in [0.1, 0.15) is 0 Å². The SMILES string of the molecule is CCN(CC)CCNC(=O)N([C]=O)CCN(C)C. The number of imide groups is 1. The molecule has 0 aromatic rings. The number of amides is 3. The summed E-state index contributed by atoms with van der Waals surface area (Å²) in [6.45, 7) is 8.39. The molecule has 0 saturated carbocycles. The van der Waals surface area contributed by atoms with Crippen LogP contribution >= 0.6 is 0 Å². The van der Waals surface area contributed by atoms with Gasteiger partial charge in [0, 0.05) is 26.2 Å². The van der Waals surface area contributed by atoms with Crippen molar-refractivity contribution in [3.05, 3.63) is 0 Å².